The van der Waals surface area contributed by atoms with Gasteiger partial charge in [0.15, 0.2) is 0 Å². The Balaban J connectivity index is 1.31. The lowest BCUT2D eigenvalue weighted by Crippen LogP contribution is -2.61. The predicted octanol–water partition coefficient (Wildman–Crippen LogP) is 10.1. The number of para-hydroxylation sites is 2. The lowest BCUT2D eigenvalue weighted by atomic mass is 9.43. The van der Waals surface area contributed by atoms with E-state index >= 15 is 0 Å². The molecule has 2 nitrogen and oxygen atoms in total. The second kappa shape index (κ2) is 10.5. The molecular formula is C44H33BN2. The molecule has 0 saturated carbocycles. The molecule has 47 heavy (non-hydrogen) atoms. The normalized spacial score (nSPS) is 14.3. The van der Waals surface area contributed by atoms with Crippen LogP contribution in [-0.2, 0) is 12.8 Å². The zero-order valence-corrected chi connectivity index (χ0v) is 26.2. The summed E-state index contributed by atoms with van der Waals surface area (Å²) < 4.78 is 0. The molecular weight excluding hydrogens is 567 g/mol. The van der Waals surface area contributed by atoms with E-state index in [1.54, 1.807) is 0 Å². The van der Waals surface area contributed by atoms with Crippen LogP contribution in [0.1, 0.15) is 24.0 Å². The van der Waals surface area contributed by atoms with Crippen LogP contribution in [0.4, 0.5) is 28.4 Å². The number of anilines is 5. The van der Waals surface area contributed by atoms with Crippen molar-refractivity contribution in [1.82, 2.24) is 0 Å². The second-order valence-electron chi connectivity index (χ2n) is 13.1. The summed E-state index contributed by atoms with van der Waals surface area (Å²) in [6.45, 7) is 0.0223. The summed E-state index contributed by atoms with van der Waals surface area (Å²) in [4.78, 5) is 5.25. The Morgan fingerprint density at radius 1 is 0.468 bits per heavy atom. The maximum atomic E-state index is 2.63. The standard InChI is InChI=1S/C44H33BN2/c1-2-14-31(15-3-1)35-29-28-32-17-5-7-20-34(32)44(35)46-41-25-11-9-23-38(41)45-43-37(22-13-27-42(43)46)36-21-8-10-24-40(36)47(45)39-26-12-18-30-16-4-6-19-33(30)39/h1-4,6,8-16,18-19,21-29H,5,7,17,20H2. The first-order valence-corrected chi connectivity index (χ1v) is 17.0. The SMILES string of the molecule is c1ccc(-c2ccc3c(c2N2c4ccccc4B4c5c(cccc52)-c2ccccc2N4c2cccc4ccccc24)CCCC3)cc1. The molecule has 0 N–H and O–H groups in total. The van der Waals surface area contributed by atoms with Crippen molar-refractivity contribution >= 4 is 57.0 Å². The molecule has 7 aromatic carbocycles. The van der Waals surface area contributed by atoms with E-state index in [9.17, 15) is 0 Å². The molecule has 2 heterocycles. The van der Waals surface area contributed by atoms with Gasteiger partial charge in [-0.2, -0.15) is 0 Å². The minimum atomic E-state index is 0.0223. The van der Waals surface area contributed by atoms with Crippen LogP contribution in [0.2, 0.25) is 0 Å². The van der Waals surface area contributed by atoms with Crippen LogP contribution in [-0.4, -0.2) is 6.85 Å². The van der Waals surface area contributed by atoms with Crippen molar-refractivity contribution in [3.05, 3.63) is 163 Å². The molecule has 0 bridgehead atoms. The van der Waals surface area contributed by atoms with Gasteiger partial charge in [0.2, 0.25) is 0 Å². The van der Waals surface area contributed by atoms with Gasteiger partial charge in [0, 0.05) is 39.3 Å². The van der Waals surface area contributed by atoms with Crippen molar-refractivity contribution in [2.75, 3.05) is 9.71 Å². The first kappa shape index (κ1) is 26.7. The maximum Gasteiger partial charge on any atom is 0.333 e. The Morgan fingerprint density at radius 3 is 2.09 bits per heavy atom. The van der Waals surface area contributed by atoms with Crippen molar-refractivity contribution in [1.29, 1.82) is 0 Å². The number of hydrogen-bond donors (Lipinski definition) is 0. The third-order valence-corrected chi connectivity index (χ3v) is 10.6. The average molecular weight is 601 g/mol. The van der Waals surface area contributed by atoms with E-state index in [2.05, 4.69) is 161 Å². The molecule has 1 aliphatic carbocycles. The van der Waals surface area contributed by atoms with E-state index in [-0.39, 0.29) is 6.85 Å². The summed E-state index contributed by atoms with van der Waals surface area (Å²) in [6.07, 6.45) is 4.73. The van der Waals surface area contributed by atoms with Crippen LogP contribution in [0.25, 0.3) is 33.0 Å². The summed E-state index contributed by atoms with van der Waals surface area (Å²) >= 11 is 0. The molecule has 222 valence electrons. The summed E-state index contributed by atoms with van der Waals surface area (Å²) in [5, 5.41) is 2.53. The van der Waals surface area contributed by atoms with Crippen LogP contribution in [0.5, 0.6) is 0 Å². The van der Waals surface area contributed by atoms with Gasteiger partial charge in [-0.05, 0) is 88.5 Å². The number of hydrogen-bond acceptors (Lipinski definition) is 2. The summed E-state index contributed by atoms with van der Waals surface area (Å²) in [7, 11) is 0. The van der Waals surface area contributed by atoms with Crippen molar-refractivity contribution in [2.45, 2.75) is 25.7 Å². The third kappa shape index (κ3) is 3.93. The molecule has 0 spiro atoms. The molecule has 0 amide bonds. The minimum absolute atomic E-state index is 0.0223. The molecule has 3 heteroatoms. The first-order valence-electron chi connectivity index (χ1n) is 17.0. The van der Waals surface area contributed by atoms with Crippen LogP contribution in [0.15, 0.2) is 152 Å². The van der Waals surface area contributed by atoms with Gasteiger partial charge in [0.05, 0.1) is 5.69 Å². The molecule has 0 atom stereocenters. The number of nitrogens with zero attached hydrogens (tertiary/aromatic N) is 2. The molecule has 7 aromatic rings. The summed E-state index contributed by atoms with van der Waals surface area (Å²) in [5.41, 5.74) is 17.3. The fourth-order valence-corrected chi connectivity index (χ4v) is 8.64. The van der Waals surface area contributed by atoms with E-state index in [1.807, 2.05) is 0 Å². The maximum absolute atomic E-state index is 2.63. The van der Waals surface area contributed by atoms with Crippen LogP contribution in [0, 0.1) is 0 Å². The lowest BCUT2D eigenvalue weighted by molar-refractivity contribution is 0.686. The van der Waals surface area contributed by atoms with Gasteiger partial charge in [-0.15, -0.1) is 0 Å². The Labute approximate surface area is 276 Å². The average Bonchev–Trinajstić information content (AvgIpc) is 3.15. The van der Waals surface area contributed by atoms with Crippen molar-refractivity contribution in [3.8, 4) is 22.3 Å². The minimum Gasteiger partial charge on any atom is -0.376 e. The quantitative estimate of drug-likeness (QED) is 0.186. The topological polar surface area (TPSA) is 6.48 Å². The highest BCUT2D eigenvalue weighted by atomic mass is 15.2. The fraction of sp³-hybridized carbons (Fsp3) is 0.0909. The number of aryl methyl sites for hydroxylation is 1. The molecule has 0 saturated heterocycles. The Bertz CT molecular complexity index is 2340. The van der Waals surface area contributed by atoms with E-state index < -0.39 is 0 Å². The van der Waals surface area contributed by atoms with E-state index in [1.165, 1.54) is 96.4 Å². The molecule has 3 aliphatic rings. The molecule has 2 aliphatic heterocycles. The van der Waals surface area contributed by atoms with Gasteiger partial charge < -0.3 is 9.71 Å². The number of fused-ring (bicyclic) bond motifs is 6. The molecule has 0 aromatic heterocycles. The van der Waals surface area contributed by atoms with Crippen molar-refractivity contribution in [2.24, 2.45) is 0 Å². The van der Waals surface area contributed by atoms with Crippen molar-refractivity contribution < 1.29 is 0 Å². The highest BCUT2D eigenvalue weighted by molar-refractivity contribution is 6.93. The van der Waals surface area contributed by atoms with Crippen LogP contribution < -0.4 is 20.6 Å². The van der Waals surface area contributed by atoms with Gasteiger partial charge >= 0.3 is 6.85 Å². The van der Waals surface area contributed by atoms with E-state index in [0.29, 0.717) is 0 Å². The van der Waals surface area contributed by atoms with E-state index in [0.717, 1.165) is 12.8 Å². The highest BCUT2D eigenvalue weighted by Crippen LogP contribution is 2.50. The molecule has 10 rings (SSSR count). The number of rotatable bonds is 3. The van der Waals surface area contributed by atoms with Gasteiger partial charge in [-0.3, -0.25) is 0 Å². The van der Waals surface area contributed by atoms with Crippen LogP contribution in [0.3, 0.4) is 0 Å². The predicted molar refractivity (Wildman–Crippen MR) is 200 cm³/mol. The largest absolute Gasteiger partial charge is 0.376 e. The van der Waals surface area contributed by atoms with E-state index in [4.69, 9.17) is 0 Å². The molecule has 0 radical (unpaired) electrons. The van der Waals surface area contributed by atoms with Crippen molar-refractivity contribution in [3.63, 3.8) is 0 Å². The third-order valence-electron chi connectivity index (χ3n) is 10.6. The Kier molecular flexibility index (Phi) is 5.96. The summed E-state index contributed by atoms with van der Waals surface area (Å²) in [5.74, 6) is 0. The zero-order valence-electron chi connectivity index (χ0n) is 26.2. The van der Waals surface area contributed by atoms with Crippen LogP contribution >= 0.6 is 0 Å². The smallest absolute Gasteiger partial charge is 0.333 e. The van der Waals surface area contributed by atoms with Gasteiger partial charge in [0.1, 0.15) is 0 Å². The Morgan fingerprint density at radius 2 is 1.15 bits per heavy atom. The van der Waals surface area contributed by atoms with Gasteiger partial charge in [-0.25, -0.2) is 0 Å². The van der Waals surface area contributed by atoms with Gasteiger partial charge in [-0.1, -0.05) is 127 Å². The summed E-state index contributed by atoms with van der Waals surface area (Å²) in [6, 6.07) is 56.5. The van der Waals surface area contributed by atoms with Gasteiger partial charge in [0.25, 0.3) is 0 Å². The number of benzene rings is 7. The highest BCUT2D eigenvalue weighted by Gasteiger charge is 2.45. The Hall–Kier alpha value is -5.54. The first-order chi connectivity index (χ1) is 23.4. The zero-order chi connectivity index (χ0) is 30.9. The fourth-order valence-electron chi connectivity index (χ4n) is 8.64. The molecule has 0 unspecified atom stereocenters. The monoisotopic (exact) mass is 600 g/mol. The second-order valence-corrected chi connectivity index (χ2v) is 13.1. The lowest BCUT2D eigenvalue weighted by Gasteiger charge is -2.46. The molecule has 0 fully saturated rings.